The lowest BCUT2D eigenvalue weighted by atomic mass is 10.0. The molecular formula is C20H26N6O3. The van der Waals surface area contributed by atoms with Gasteiger partial charge in [0.25, 0.3) is 5.91 Å². The lowest BCUT2D eigenvalue weighted by Crippen LogP contribution is -2.49. The quantitative estimate of drug-likeness (QED) is 0.813. The Hall–Kier alpha value is -3.10. The number of piperazine rings is 1. The molecule has 1 fully saturated rings. The predicted octanol–water partition coefficient (Wildman–Crippen LogP) is 2.12. The van der Waals surface area contributed by atoms with E-state index in [1.165, 1.54) is 6.26 Å². The highest BCUT2D eigenvalue weighted by atomic mass is 16.3. The molecule has 4 heterocycles. The van der Waals surface area contributed by atoms with Gasteiger partial charge in [-0.1, -0.05) is 13.8 Å². The minimum atomic E-state index is -0.299. The maximum atomic E-state index is 12.6. The Labute approximate surface area is 169 Å². The van der Waals surface area contributed by atoms with Crippen molar-refractivity contribution in [3.05, 3.63) is 30.0 Å². The van der Waals surface area contributed by atoms with E-state index in [0.29, 0.717) is 61.0 Å². The first-order valence-electron chi connectivity index (χ1n) is 9.96. The lowest BCUT2D eigenvalue weighted by molar-refractivity contribution is -0.117. The number of rotatable bonds is 4. The zero-order chi connectivity index (χ0) is 20.5. The van der Waals surface area contributed by atoms with Gasteiger partial charge in [0.15, 0.2) is 17.4 Å². The van der Waals surface area contributed by atoms with Crippen LogP contribution in [0.25, 0.3) is 0 Å². The Morgan fingerprint density at radius 2 is 2.03 bits per heavy atom. The Kier molecular flexibility index (Phi) is 5.12. The number of nitrogens with zero attached hydrogens (tertiary/aromatic N) is 4. The lowest BCUT2D eigenvalue weighted by Gasteiger charge is -2.37. The van der Waals surface area contributed by atoms with Crippen LogP contribution >= 0.6 is 0 Å². The molecule has 0 aromatic carbocycles. The summed E-state index contributed by atoms with van der Waals surface area (Å²) in [7, 11) is 0. The Morgan fingerprint density at radius 3 is 2.69 bits per heavy atom. The summed E-state index contributed by atoms with van der Waals surface area (Å²) in [5, 5.41) is 6.28. The molecule has 1 atom stereocenters. The van der Waals surface area contributed by atoms with Gasteiger partial charge < -0.3 is 24.9 Å². The van der Waals surface area contributed by atoms with Crippen molar-refractivity contribution in [3.63, 3.8) is 0 Å². The van der Waals surface area contributed by atoms with Gasteiger partial charge in [0, 0.05) is 26.2 Å². The fourth-order valence-corrected chi connectivity index (χ4v) is 3.76. The summed E-state index contributed by atoms with van der Waals surface area (Å²) in [6.45, 7) is 8.34. The Bertz CT molecular complexity index is 903. The van der Waals surface area contributed by atoms with E-state index in [0.717, 1.165) is 6.42 Å². The highest BCUT2D eigenvalue weighted by Gasteiger charge is 2.32. The number of furan rings is 1. The first-order chi connectivity index (χ1) is 13.9. The molecule has 9 heteroatoms. The second-order valence-corrected chi connectivity index (χ2v) is 7.89. The molecule has 154 valence electrons. The van der Waals surface area contributed by atoms with E-state index in [4.69, 9.17) is 4.42 Å². The van der Waals surface area contributed by atoms with E-state index in [1.54, 1.807) is 17.0 Å². The van der Waals surface area contributed by atoms with Gasteiger partial charge in [-0.2, -0.15) is 0 Å². The number of fused-ring (bicyclic) bond motifs is 1. The fourth-order valence-electron chi connectivity index (χ4n) is 3.76. The second kappa shape index (κ2) is 7.73. The van der Waals surface area contributed by atoms with E-state index >= 15 is 0 Å². The molecule has 4 rings (SSSR count). The van der Waals surface area contributed by atoms with Gasteiger partial charge in [0.2, 0.25) is 5.91 Å². The normalized spacial score (nSPS) is 19.0. The molecule has 0 saturated carbocycles. The standard InChI is InChI=1S/C20H26N6O3/c1-12(2)11-14-19(27)24-16-17(23-14)21-13(3)22-18(16)25-6-8-26(9-7-25)20(28)15-5-4-10-29-15/h4-5,10,12,14H,6-9,11H2,1-3H3,(H,24,27)(H,21,22,23). The van der Waals surface area contributed by atoms with Gasteiger partial charge in [0.1, 0.15) is 17.6 Å². The first kappa shape index (κ1) is 19.2. The molecule has 2 amide bonds. The van der Waals surface area contributed by atoms with Crippen molar-refractivity contribution in [3.8, 4) is 0 Å². The van der Waals surface area contributed by atoms with Crippen LogP contribution in [0.4, 0.5) is 17.3 Å². The molecule has 1 unspecified atom stereocenters. The molecule has 0 aliphatic carbocycles. The smallest absolute Gasteiger partial charge is 0.289 e. The van der Waals surface area contributed by atoms with Crippen LogP contribution in [0, 0.1) is 12.8 Å². The van der Waals surface area contributed by atoms with Crippen LogP contribution in [0.3, 0.4) is 0 Å². The molecule has 0 bridgehead atoms. The number of anilines is 3. The maximum absolute atomic E-state index is 12.6. The topological polar surface area (TPSA) is 104 Å². The molecule has 2 aromatic heterocycles. The van der Waals surface area contributed by atoms with Crippen molar-refractivity contribution in [1.82, 2.24) is 14.9 Å². The minimum absolute atomic E-state index is 0.0634. The van der Waals surface area contributed by atoms with Crippen molar-refractivity contribution < 1.29 is 14.0 Å². The molecule has 0 spiro atoms. The molecule has 0 radical (unpaired) electrons. The van der Waals surface area contributed by atoms with Crippen molar-refractivity contribution in [1.29, 1.82) is 0 Å². The molecule has 2 aromatic rings. The van der Waals surface area contributed by atoms with Crippen LogP contribution in [-0.4, -0.2) is 58.9 Å². The third kappa shape index (κ3) is 3.90. The van der Waals surface area contributed by atoms with Gasteiger partial charge in [-0.05, 0) is 31.4 Å². The van der Waals surface area contributed by atoms with Gasteiger partial charge in [-0.3, -0.25) is 9.59 Å². The van der Waals surface area contributed by atoms with E-state index < -0.39 is 0 Å². The fraction of sp³-hybridized carbons (Fsp3) is 0.500. The van der Waals surface area contributed by atoms with Crippen molar-refractivity contribution in [2.75, 3.05) is 41.7 Å². The van der Waals surface area contributed by atoms with Crippen molar-refractivity contribution >= 4 is 29.1 Å². The van der Waals surface area contributed by atoms with E-state index in [9.17, 15) is 9.59 Å². The molecular weight excluding hydrogens is 372 g/mol. The summed E-state index contributed by atoms with van der Waals surface area (Å²) in [5.74, 6) is 2.56. The summed E-state index contributed by atoms with van der Waals surface area (Å²) in [4.78, 5) is 38.0. The van der Waals surface area contributed by atoms with Crippen molar-refractivity contribution in [2.24, 2.45) is 5.92 Å². The number of hydrogen-bond acceptors (Lipinski definition) is 7. The van der Waals surface area contributed by atoms with E-state index in [2.05, 4.69) is 39.3 Å². The largest absolute Gasteiger partial charge is 0.459 e. The molecule has 1 saturated heterocycles. The predicted molar refractivity (Wildman–Crippen MR) is 109 cm³/mol. The van der Waals surface area contributed by atoms with Gasteiger partial charge in [0.05, 0.1) is 6.26 Å². The first-order valence-corrected chi connectivity index (χ1v) is 9.96. The Morgan fingerprint density at radius 1 is 1.28 bits per heavy atom. The summed E-state index contributed by atoms with van der Waals surface area (Å²) < 4.78 is 5.22. The van der Waals surface area contributed by atoms with Crippen molar-refractivity contribution in [2.45, 2.75) is 33.2 Å². The van der Waals surface area contributed by atoms with E-state index in [-0.39, 0.29) is 17.9 Å². The summed E-state index contributed by atoms with van der Waals surface area (Å²) in [6, 6.07) is 3.09. The van der Waals surface area contributed by atoms with Gasteiger partial charge in [-0.15, -0.1) is 0 Å². The average molecular weight is 398 g/mol. The van der Waals surface area contributed by atoms with Crippen LogP contribution in [0.1, 0.15) is 36.6 Å². The molecule has 2 aliphatic heterocycles. The third-order valence-corrected chi connectivity index (χ3v) is 5.18. The number of aromatic nitrogens is 2. The maximum Gasteiger partial charge on any atom is 0.289 e. The number of hydrogen-bond donors (Lipinski definition) is 2. The molecule has 2 N–H and O–H groups in total. The van der Waals surface area contributed by atoms with E-state index in [1.807, 2.05) is 6.92 Å². The number of nitrogens with one attached hydrogen (secondary N) is 2. The highest BCUT2D eigenvalue weighted by Crippen LogP contribution is 2.35. The van der Waals surface area contributed by atoms with Crippen LogP contribution in [-0.2, 0) is 4.79 Å². The SMILES string of the molecule is Cc1nc2c(c(N3CCN(C(=O)c4ccco4)CC3)n1)NC(=O)C(CC(C)C)N2. The zero-order valence-corrected chi connectivity index (χ0v) is 16.9. The molecule has 29 heavy (non-hydrogen) atoms. The zero-order valence-electron chi connectivity index (χ0n) is 16.9. The minimum Gasteiger partial charge on any atom is -0.459 e. The number of carbonyl (C=O) groups excluding carboxylic acids is 2. The second-order valence-electron chi connectivity index (χ2n) is 7.89. The molecule has 9 nitrogen and oxygen atoms in total. The number of amides is 2. The monoisotopic (exact) mass is 398 g/mol. The van der Waals surface area contributed by atoms with Gasteiger partial charge >= 0.3 is 0 Å². The summed E-state index contributed by atoms with van der Waals surface area (Å²) in [5.41, 5.74) is 0.617. The number of carbonyl (C=O) groups is 2. The van der Waals surface area contributed by atoms with Crippen LogP contribution in [0.5, 0.6) is 0 Å². The average Bonchev–Trinajstić information content (AvgIpc) is 3.22. The summed E-state index contributed by atoms with van der Waals surface area (Å²) >= 11 is 0. The third-order valence-electron chi connectivity index (χ3n) is 5.18. The number of aryl methyl sites for hydroxylation is 1. The van der Waals surface area contributed by atoms with Crippen LogP contribution in [0.2, 0.25) is 0 Å². The Balaban J connectivity index is 1.51. The van der Waals surface area contributed by atoms with Gasteiger partial charge in [-0.25, -0.2) is 9.97 Å². The molecule has 2 aliphatic rings. The van der Waals surface area contributed by atoms with Crippen LogP contribution < -0.4 is 15.5 Å². The summed E-state index contributed by atoms with van der Waals surface area (Å²) in [6.07, 6.45) is 2.24. The van der Waals surface area contributed by atoms with Crippen LogP contribution in [0.15, 0.2) is 22.8 Å². The highest BCUT2D eigenvalue weighted by molar-refractivity contribution is 6.05.